The molecule has 2 nitrogen and oxygen atoms in total. The molecule has 2 heteroatoms. The van der Waals surface area contributed by atoms with Crippen LogP contribution in [0.25, 0.3) is 0 Å². The van der Waals surface area contributed by atoms with E-state index in [0.29, 0.717) is 0 Å². The summed E-state index contributed by atoms with van der Waals surface area (Å²) in [5.74, 6) is 0. The molecule has 0 bridgehead atoms. The maximum Gasteiger partial charge on any atom is 0.0353 e. The standard InChI is InChI=1S/C9H14N2/c1-9(2,11)7-4-3-5-8(10)6-7/h3-6H,10-11H2,1-2H3. The van der Waals surface area contributed by atoms with Crippen molar-refractivity contribution in [1.82, 2.24) is 0 Å². The van der Waals surface area contributed by atoms with Crippen molar-refractivity contribution in [3.63, 3.8) is 0 Å². The molecule has 0 spiro atoms. The molecule has 1 aromatic carbocycles. The van der Waals surface area contributed by atoms with E-state index in [4.69, 9.17) is 11.5 Å². The molecular formula is C9H14N2. The van der Waals surface area contributed by atoms with E-state index < -0.39 is 0 Å². The van der Waals surface area contributed by atoms with Crippen LogP contribution in [-0.4, -0.2) is 0 Å². The Hall–Kier alpha value is -1.02. The first-order valence-corrected chi connectivity index (χ1v) is 3.65. The minimum atomic E-state index is -0.296. The monoisotopic (exact) mass is 150 g/mol. The zero-order chi connectivity index (χ0) is 8.48. The summed E-state index contributed by atoms with van der Waals surface area (Å²) in [5.41, 5.74) is 13.0. The van der Waals surface area contributed by atoms with Gasteiger partial charge >= 0.3 is 0 Å². The topological polar surface area (TPSA) is 52.0 Å². The van der Waals surface area contributed by atoms with Gasteiger partial charge in [-0.15, -0.1) is 0 Å². The molecule has 11 heavy (non-hydrogen) atoms. The summed E-state index contributed by atoms with van der Waals surface area (Å²) in [6, 6.07) is 7.66. The predicted molar refractivity (Wildman–Crippen MR) is 48.1 cm³/mol. The zero-order valence-electron chi connectivity index (χ0n) is 6.96. The predicted octanol–water partition coefficient (Wildman–Crippen LogP) is 1.46. The summed E-state index contributed by atoms with van der Waals surface area (Å²) < 4.78 is 0. The van der Waals surface area contributed by atoms with Gasteiger partial charge in [0.15, 0.2) is 0 Å². The second-order valence-electron chi connectivity index (χ2n) is 3.35. The van der Waals surface area contributed by atoms with Crippen LogP contribution in [0.3, 0.4) is 0 Å². The minimum Gasteiger partial charge on any atom is -0.399 e. The Kier molecular flexibility index (Phi) is 1.87. The molecule has 0 aliphatic rings. The lowest BCUT2D eigenvalue weighted by Crippen LogP contribution is -2.28. The van der Waals surface area contributed by atoms with Gasteiger partial charge in [-0.1, -0.05) is 12.1 Å². The molecule has 0 aliphatic carbocycles. The molecule has 0 fully saturated rings. The van der Waals surface area contributed by atoms with Crippen LogP contribution in [0.15, 0.2) is 24.3 Å². The van der Waals surface area contributed by atoms with Crippen LogP contribution in [0.1, 0.15) is 19.4 Å². The number of hydrogen-bond acceptors (Lipinski definition) is 2. The Bertz CT molecular complexity index is 248. The first-order valence-electron chi connectivity index (χ1n) is 3.65. The fourth-order valence-corrected chi connectivity index (χ4v) is 0.939. The van der Waals surface area contributed by atoms with Crippen molar-refractivity contribution in [3.05, 3.63) is 29.8 Å². The highest BCUT2D eigenvalue weighted by atomic mass is 14.7. The van der Waals surface area contributed by atoms with E-state index in [1.165, 1.54) is 0 Å². The molecule has 1 rings (SSSR count). The molecule has 0 saturated heterocycles. The molecule has 0 atom stereocenters. The number of nitrogen functional groups attached to an aromatic ring is 1. The van der Waals surface area contributed by atoms with Gasteiger partial charge in [-0.05, 0) is 31.5 Å². The van der Waals surface area contributed by atoms with Crippen LogP contribution >= 0.6 is 0 Å². The van der Waals surface area contributed by atoms with E-state index in [9.17, 15) is 0 Å². The Morgan fingerprint density at radius 2 is 1.91 bits per heavy atom. The van der Waals surface area contributed by atoms with Crippen LogP contribution in [0.4, 0.5) is 5.69 Å². The first kappa shape index (κ1) is 8.08. The lowest BCUT2D eigenvalue weighted by molar-refractivity contribution is 0.555. The van der Waals surface area contributed by atoms with Gasteiger partial charge in [0, 0.05) is 11.2 Å². The van der Waals surface area contributed by atoms with Crippen molar-refractivity contribution in [2.24, 2.45) is 5.73 Å². The highest BCUT2D eigenvalue weighted by molar-refractivity contribution is 5.42. The van der Waals surface area contributed by atoms with E-state index in [1.54, 1.807) is 0 Å². The van der Waals surface area contributed by atoms with Gasteiger partial charge in [0.1, 0.15) is 0 Å². The number of anilines is 1. The van der Waals surface area contributed by atoms with Gasteiger partial charge in [-0.2, -0.15) is 0 Å². The van der Waals surface area contributed by atoms with Crippen molar-refractivity contribution in [1.29, 1.82) is 0 Å². The smallest absolute Gasteiger partial charge is 0.0353 e. The largest absolute Gasteiger partial charge is 0.399 e. The second kappa shape index (κ2) is 2.55. The molecule has 0 heterocycles. The summed E-state index contributed by atoms with van der Waals surface area (Å²) in [7, 11) is 0. The summed E-state index contributed by atoms with van der Waals surface area (Å²) >= 11 is 0. The van der Waals surface area contributed by atoms with Gasteiger partial charge in [-0.3, -0.25) is 0 Å². The third-order valence-electron chi connectivity index (χ3n) is 1.63. The molecule has 1 aromatic rings. The van der Waals surface area contributed by atoms with Crippen molar-refractivity contribution < 1.29 is 0 Å². The van der Waals surface area contributed by atoms with E-state index in [0.717, 1.165) is 11.3 Å². The molecule has 0 aliphatic heterocycles. The van der Waals surface area contributed by atoms with Crippen molar-refractivity contribution in [3.8, 4) is 0 Å². The minimum absolute atomic E-state index is 0.296. The molecule has 0 saturated carbocycles. The summed E-state index contributed by atoms with van der Waals surface area (Å²) in [4.78, 5) is 0. The molecule has 60 valence electrons. The summed E-state index contributed by atoms with van der Waals surface area (Å²) in [5, 5.41) is 0. The summed E-state index contributed by atoms with van der Waals surface area (Å²) in [6.45, 7) is 3.92. The van der Waals surface area contributed by atoms with Crippen molar-refractivity contribution in [2.45, 2.75) is 19.4 Å². The Balaban J connectivity index is 3.06. The molecule has 0 unspecified atom stereocenters. The van der Waals surface area contributed by atoms with E-state index in [1.807, 2.05) is 38.1 Å². The first-order chi connectivity index (χ1) is 5.00. The Morgan fingerprint density at radius 1 is 1.27 bits per heavy atom. The van der Waals surface area contributed by atoms with Crippen LogP contribution in [0.2, 0.25) is 0 Å². The fourth-order valence-electron chi connectivity index (χ4n) is 0.939. The Morgan fingerprint density at radius 3 is 2.27 bits per heavy atom. The normalized spacial score (nSPS) is 11.5. The van der Waals surface area contributed by atoms with Crippen LogP contribution in [0.5, 0.6) is 0 Å². The van der Waals surface area contributed by atoms with Crippen molar-refractivity contribution >= 4 is 5.69 Å². The highest BCUT2D eigenvalue weighted by Crippen LogP contribution is 2.18. The third kappa shape index (κ3) is 1.95. The number of rotatable bonds is 1. The lowest BCUT2D eigenvalue weighted by atomic mass is 9.95. The van der Waals surface area contributed by atoms with Gasteiger partial charge in [0.2, 0.25) is 0 Å². The maximum atomic E-state index is 5.87. The number of hydrogen-bond donors (Lipinski definition) is 2. The molecule has 0 amide bonds. The Labute approximate surface area is 67.2 Å². The van der Waals surface area contributed by atoms with E-state index in [-0.39, 0.29) is 5.54 Å². The molecule has 0 aromatic heterocycles. The number of benzene rings is 1. The van der Waals surface area contributed by atoms with Gasteiger partial charge < -0.3 is 11.5 Å². The maximum absolute atomic E-state index is 5.87. The van der Waals surface area contributed by atoms with Gasteiger partial charge in [0.05, 0.1) is 0 Å². The van der Waals surface area contributed by atoms with Gasteiger partial charge in [-0.25, -0.2) is 0 Å². The van der Waals surface area contributed by atoms with Gasteiger partial charge in [0.25, 0.3) is 0 Å². The fraction of sp³-hybridized carbons (Fsp3) is 0.333. The third-order valence-corrected chi connectivity index (χ3v) is 1.63. The van der Waals surface area contributed by atoms with Crippen LogP contribution in [-0.2, 0) is 5.54 Å². The van der Waals surface area contributed by atoms with Crippen LogP contribution in [0, 0.1) is 0 Å². The lowest BCUT2D eigenvalue weighted by Gasteiger charge is -2.19. The molecular weight excluding hydrogens is 136 g/mol. The highest BCUT2D eigenvalue weighted by Gasteiger charge is 2.12. The molecule has 4 N–H and O–H groups in total. The average Bonchev–Trinajstić information content (AvgIpc) is 1.86. The number of nitrogens with two attached hydrogens (primary N) is 2. The zero-order valence-corrected chi connectivity index (χ0v) is 6.96. The quantitative estimate of drug-likeness (QED) is 0.595. The SMILES string of the molecule is CC(C)(N)c1cccc(N)c1. The second-order valence-corrected chi connectivity index (χ2v) is 3.35. The molecule has 0 radical (unpaired) electrons. The van der Waals surface area contributed by atoms with E-state index in [2.05, 4.69) is 0 Å². The summed E-state index contributed by atoms with van der Waals surface area (Å²) in [6.07, 6.45) is 0. The van der Waals surface area contributed by atoms with Crippen molar-refractivity contribution in [2.75, 3.05) is 5.73 Å². The van der Waals surface area contributed by atoms with E-state index >= 15 is 0 Å². The average molecular weight is 150 g/mol. The van der Waals surface area contributed by atoms with Crippen LogP contribution < -0.4 is 11.5 Å².